The third-order valence-corrected chi connectivity index (χ3v) is 3.43. The molecule has 0 radical (unpaired) electrons. The van der Waals surface area contributed by atoms with Gasteiger partial charge in [0.05, 0.1) is 5.02 Å². The zero-order valence-electron chi connectivity index (χ0n) is 12.1. The number of halogens is 1. The van der Waals surface area contributed by atoms with E-state index in [4.69, 9.17) is 26.3 Å². The van der Waals surface area contributed by atoms with Crippen molar-refractivity contribution in [2.24, 2.45) is 0 Å². The molecule has 3 aromatic carbocycles. The van der Waals surface area contributed by atoms with Crippen LogP contribution in [0.1, 0.15) is 5.56 Å². The summed E-state index contributed by atoms with van der Waals surface area (Å²) in [5.41, 5.74) is 0.318. The third-order valence-electron chi connectivity index (χ3n) is 3.12. The summed E-state index contributed by atoms with van der Waals surface area (Å²) >= 11 is 5.99. The van der Waals surface area contributed by atoms with Gasteiger partial charge in [0.15, 0.2) is 0 Å². The highest BCUT2D eigenvalue weighted by Crippen LogP contribution is 2.31. The smallest absolute Gasteiger partial charge is 0.146 e. The molecule has 0 bridgehead atoms. The summed E-state index contributed by atoms with van der Waals surface area (Å²) in [5.74, 6) is 2.50. The number of benzene rings is 3. The van der Waals surface area contributed by atoms with Gasteiger partial charge >= 0.3 is 0 Å². The van der Waals surface area contributed by atoms with Gasteiger partial charge in [0.1, 0.15) is 34.6 Å². The maximum absolute atomic E-state index is 9.15. The summed E-state index contributed by atoms with van der Waals surface area (Å²) in [5, 5.41) is 9.52. The predicted molar refractivity (Wildman–Crippen MR) is 89.2 cm³/mol. The molecular formula is C19H12ClNO2. The highest BCUT2D eigenvalue weighted by molar-refractivity contribution is 6.31. The van der Waals surface area contributed by atoms with E-state index in [0.29, 0.717) is 27.8 Å². The monoisotopic (exact) mass is 321 g/mol. The predicted octanol–water partition coefficient (Wildman–Crippen LogP) is 5.80. The number of ether oxygens (including phenoxy) is 2. The lowest BCUT2D eigenvalue weighted by Crippen LogP contribution is -1.89. The number of para-hydroxylation sites is 1. The van der Waals surface area contributed by atoms with Gasteiger partial charge in [-0.1, -0.05) is 35.9 Å². The Labute approximate surface area is 139 Å². The molecule has 3 aromatic rings. The van der Waals surface area contributed by atoms with Crippen molar-refractivity contribution in [2.45, 2.75) is 0 Å². The highest BCUT2D eigenvalue weighted by Gasteiger charge is 2.08. The van der Waals surface area contributed by atoms with E-state index in [1.54, 1.807) is 42.5 Å². The summed E-state index contributed by atoms with van der Waals surface area (Å²) in [7, 11) is 0. The van der Waals surface area contributed by atoms with Crippen LogP contribution in [0.3, 0.4) is 0 Å². The lowest BCUT2D eigenvalue weighted by atomic mass is 10.2. The number of hydrogen-bond acceptors (Lipinski definition) is 3. The van der Waals surface area contributed by atoms with E-state index >= 15 is 0 Å². The lowest BCUT2D eigenvalue weighted by molar-refractivity contribution is 0.468. The quantitative estimate of drug-likeness (QED) is 0.610. The molecule has 3 rings (SSSR count). The van der Waals surface area contributed by atoms with Crippen LogP contribution in [-0.4, -0.2) is 0 Å². The zero-order chi connectivity index (χ0) is 16.1. The summed E-state index contributed by atoms with van der Waals surface area (Å²) in [4.78, 5) is 0. The van der Waals surface area contributed by atoms with Gasteiger partial charge in [-0.15, -0.1) is 0 Å². The van der Waals surface area contributed by atoms with Crippen molar-refractivity contribution in [1.82, 2.24) is 0 Å². The van der Waals surface area contributed by atoms with Crippen LogP contribution in [0.15, 0.2) is 72.8 Å². The normalized spacial score (nSPS) is 9.91. The van der Waals surface area contributed by atoms with E-state index in [2.05, 4.69) is 0 Å². The van der Waals surface area contributed by atoms with Gasteiger partial charge in [0, 0.05) is 0 Å². The average Bonchev–Trinajstić information content (AvgIpc) is 2.58. The first-order valence-electron chi connectivity index (χ1n) is 6.96. The standard InChI is InChI=1S/C19H12ClNO2/c20-18-7-4-8-19(17(18)13-21)23-16-11-9-15(10-12-16)22-14-5-2-1-3-6-14/h1-12H. The van der Waals surface area contributed by atoms with E-state index in [0.717, 1.165) is 5.75 Å². The van der Waals surface area contributed by atoms with Crippen molar-refractivity contribution >= 4 is 11.6 Å². The van der Waals surface area contributed by atoms with Crippen LogP contribution in [0.5, 0.6) is 23.0 Å². The first-order valence-corrected chi connectivity index (χ1v) is 7.33. The van der Waals surface area contributed by atoms with Crippen LogP contribution in [0.25, 0.3) is 0 Å². The van der Waals surface area contributed by atoms with Crippen molar-refractivity contribution in [2.75, 3.05) is 0 Å². The maximum atomic E-state index is 9.15. The minimum atomic E-state index is 0.318. The van der Waals surface area contributed by atoms with Gasteiger partial charge in [0.2, 0.25) is 0 Å². The first-order chi connectivity index (χ1) is 11.3. The van der Waals surface area contributed by atoms with Crippen LogP contribution in [0.2, 0.25) is 5.02 Å². The second kappa shape index (κ2) is 6.87. The molecule has 0 spiro atoms. The summed E-state index contributed by atoms with van der Waals surface area (Å²) in [6, 6.07) is 23.8. The minimum absolute atomic E-state index is 0.318. The van der Waals surface area contributed by atoms with Crippen LogP contribution in [0, 0.1) is 11.3 Å². The summed E-state index contributed by atoms with van der Waals surface area (Å²) in [6.45, 7) is 0. The Kier molecular flexibility index (Phi) is 4.46. The van der Waals surface area contributed by atoms with Gasteiger partial charge in [0.25, 0.3) is 0 Å². The summed E-state index contributed by atoms with van der Waals surface area (Å²) in [6.07, 6.45) is 0. The molecule has 0 unspecified atom stereocenters. The van der Waals surface area contributed by atoms with Gasteiger partial charge in [-0.25, -0.2) is 0 Å². The van der Waals surface area contributed by atoms with E-state index in [1.807, 2.05) is 36.4 Å². The average molecular weight is 322 g/mol. The Balaban J connectivity index is 1.76. The molecule has 0 atom stereocenters. The van der Waals surface area contributed by atoms with Crippen LogP contribution < -0.4 is 9.47 Å². The molecule has 0 fully saturated rings. The Morgan fingerprint density at radius 2 is 1.30 bits per heavy atom. The van der Waals surface area contributed by atoms with Crippen LogP contribution >= 0.6 is 11.6 Å². The molecule has 0 aliphatic carbocycles. The molecule has 3 nitrogen and oxygen atoms in total. The fourth-order valence-electron chi connectivity index (χ4n) is 2.03. The molecular weight excluding hydrogens is 310 g/mol. The van der Waals surface area contributed by atoms with E-state index in [-0.39, 0.29) is 0 Å². The first kappa shape index (κ1) is 15.0. The molecule has 23 heavy (non-hydrogen) atoms. The second-order valence-electron chi connectivity index (χ2n) is 4.71. The Hall–Kier alpha value is -2.96. The van der Waals surface area contributed by atoms with E-state index in [1.165, 1.54) is 0 Å². The molecule has 0 amide bonds. The number of rotatable bonds is 4. The van der Waals surface area contributed by atoms with E-state index < -0.39 is 0 Å². The molecule has 112 valence electrons. The molecule has 4 heteroatoms. The van der Waals surface area contributed by atoms with Gasteiger partial charge in [-0.3, -0.25) is 0 Å². The Morgan fingerprint density at radius 3 is 1.96 bits per heavy atom. The largest absolute Gasteiger partial charge is 0.457 e. The second-order valence-corrected chi connectivity index (χ2v) is 5.12. The van der Waals surface area contributed by atoms with Crippen molar-refractivity contribution in [1.29, 1.82) is 5.26 Å². The lowest BCUT2D eigenvalue weighted by Gasteiger charge is -2.09. The van der Waals surface area contributed by atoms with Crippen molar-refractivity contribution in [3.05, 3.63) is 83.4 Å². The van der Waals surface area contributed by atoms with Gasteiger partial charge in [-0.2, -0.15) is 5.26 Å². The fourth-order valence-corrected chi connectivity index (χ4v) is 2.23. The van der Waals surface area contributed by atoms with Crippen LogP contribution in [-0.2, 0) is 0 Å². The molecule has 0 aliphatic rings. The van der Waals surface area contributed by atoms with Crippen molar-refractivity contribution in [3.8, 4) is 29.1 Å². The maximum Gasteiger partial charge on any atom is 0.146 e. The highest BCUT2D eigenvalue weighted by atomic mass is 35.5. The molecule has 0 N–H and O–H groups in total. The molecule has 0 saturated carbocycles. The Morgan fingerprint density at radius 1 is 0.696 bits per heavy atom. The molecule has 0 heterocycles. The van der Waals surface area contributed by atoms with Gasteiger partial charge < -0.3 is 9.47 Å². The minimum Gasteiger partial charge on any atom is -0.457 e. The van der Waals surface area contributed by atoms with Gasteiger partial charge in [-0.05, 0) is 48.5 Å². The zero-order valence-corrected chi connectivity index (χ0v) is 12.8. The van der Waals surface area contributed by atoms with Crippen LogP contribution in [0.4, 0.5) is 0 Å². The summed E-state index contributed by atoms with van der Waals surface area (Å²) < 4.78 is 11.4. The Bertz CT molecular complexity index is 839. The van der Waals surface area contributed by atoms with Crippen molar-refractivity contribution in [3.63, 3.8) is 0 Å². The topological polar surface area (TPSA) is 42.2 Å². The molecule has 0 saturated heterocycles. The fraction of sp³-hybridized carbons (Fsp3) is 0. The van der Waals surface area contributed by atoms with E-state index in [9.17, 15) is 0 Å². The molecule has 0 aromatic heterocycles. The third kappa shape index (κ3) is 3.63. The number of nitriles is 1. The molecule has 0 aliphatic heterocycles. The number of hydrogen-bond donors (Lipinski definition) is 0. The van der Waals surface area contributed by atoms with Crippen molar-refractivity contribution < 1.29 is 9.47 Å². The number of nitrogens with zero attached hydrogens (tertiary/aromatic N) is 1. The SMILES string of the molecule is N#Cc1c(Cl)cccc1Oc1ccc(Oc2ccccc2)cc1.